The van der Waals surface area contributed by atoms with E-state index in [1.54, 1.807) is 13.8 Å². The fourth-order valence-electron chi connectivity index (χ4n) is 2.44. The van der Waals surface area contributed by atoms with Gasteiger partial charge in [0.1, 0.15) is 6.54 Å². The Morgan fingerprint density at radius 1 is 1.19 bits per heavy atom. The van der Waals surface area contributed by atoms with Gasteiger partial charge in [-0.05, 0) is 39.5 Å². The predicted octanol–water partition coefficient (Wildman–Crippen LogP) is 1.22. The van der Waals surface area contributed by atoms with E-state index in [0.29, 0.717) is 32.2 Å². The van der Waals surface area contributed by atoms with E-state index in [1.807, 2.05) is 0 Å². The Morgan fingerprint density at radius 3 is 2.29 bits per heavy atom. The van der Waals surface area contributed by atoms with Crippen LogP contribution in [0.2, 0.25) is 0 Å². The molecule has 0 radical (unpaired) electrons. The summed E-state index contributed by atoms with van der Waals surface area (Å²) in [6.45, 7) is 4.14. The number of carboxylic acids is 1. The van der Waals surface area contributed by atoms with Crippen LogP contribution >= 0.6 is 0 Å². The van der Waals surface area contributed by atoms with Crippen molar-refractivity contribution in [3.8, 4) is 0 Å². The van der Waals surface area contributed by atoms with Crippen LogP contribution in [0.4, 0.5) is 4.79 Å². The topological polar surface area (TPSA) is 95.9 Å². The summed E-state index contributed by atoms with van der Waals surface area (Å²) in [5.41, 5.74) is 0. The molecule has 1 fully saturated rings. The van der Waals surface area contributed by atoms with Crippen molar-refractivity contribution in [2.45, 2.75) is 45.6 Å². The maximum absolute atomic E-state index is 12.1. The lowest BCUT2D eigenvalue weighted by molar-refractivity contribution is -0.144. The van der Waals surface area contributed by atoms with Crippen molar-refractivity contribution < 1.29 is 24.2 Å². The summed E-state index contributed by atoms with van der Waals surface area (Å²) in [5.74, 6) is -1.50. The van der Waals surface area contributed by atoms with Gasteiger partial charge in [0.25, 0.3) is 0 Å². The number of likely N-dealkylation sites (N-methyl/N-ethyl adjacent to an activating group) is 1. The lowest BCUT2D eigenvalue weighted by Crippen LogP contribution is -2.48. The van der Waals surface area contributed by atoms with E-state index in [1.165, 1.54) is 4.90 Å². The molecule has 1 rings (SSSR count). The number of carbonyl (C=O) groups excluding carboxylic acids is 2. The molecule has 2 N–H and O–H groups in total. The summed E-state index contributed by atoms with van der Waals surface area (Å²) >= 11 is 0. The lowest BCUT2D eigenvalue weighted by Gasteiger charge is -2.29. The number of aliphatic carboxylic acids is 1. The van der Waals surface area contributed by atoms with Crippen LogP contribution in [0.15, 0.2) is 0 Å². The molecule has 0 bridgehead atoms. The third kappa shape index (κ3) is 5.61. The molecule has 0 unspecified atom stereocenters. The second-order valence-corrected chi connectivity index (χ2v) is 5.16. The molecule has 7 nitrogen and oxygen atoms in total. The number of hydrogen-bond acceptors (Lipinski definition) is 4. The molecular formula is C14H24N2O5. The average molecular weight is 300 g/mol. The van der Waals surface area contributed by atoms with Gasteiger partial charge in [-0.2, -0.15) is 0 Å². The standard InChI is InChI=1S/C14H24N2O5/c1-3-16(9-12(17)21-4-2)14(20)15-11-7-5-10(6-8-11)13(18)19/h10-11H,3-9H2,1-2H3,(H,15,20)(H,18,19). The largest absolute Gasteiger partial charge is 0.481 e. The smallest absolute Gasteiger partial charge is 0.325 e. The van der Waals surface area contributed by atoms with Crippen LogP contribution in [0.3, 0.4) is 0 Å². The Kier molecular flexibility index (Phi) is 6.98. The zero-order valence-electron chi connectivity index (χ0n) is 12.6. The van der Waals surface area contributed by atoms with Gasteiger partial charge in [-0.15, -0.1) is 0 Å². The molecule has 1 aliphatic rings. The summed E-state index contributed by atoms with van der Waals surface area (Å²) in [6.07, 6.45) is 2.45. The summed E-state index contributed by atoms with van der Waals surface area (Å²) in [7, 11) is 0. The predicted molar refractivity (Wildman–Crippen MR) is 75.8 cm³/mol. The molecule has 2 amide bonds. The van der Waals surface area contributed by atoms with E-state index in [4.69, 9.17) is 9.84 Å². The van der Waals surface area contributed by atoms with Crippen LogP contribution in [-0.4, -0.2) is 53.7 Å². The molecule has 0 saturated heterocycles. The molecule has 120 valence electrons. The Labute approximate surface area is 124 Å². The first-order valence-electron chi connectivity index (χ1n) is 7.41. The van der Waals surface area contributed by atoms with Gasteiger partial charge in [0.05, 0.1) is 12.5 Å². The van der Waals surface area contributed by atoms with Crippen molar-refractivity contribution in [2.24, 2.45) is 5.92 Å². The number of carboxylic acid groups (broad SMARTS) is 1. The van der Waals surface area contributed by atoms with E-state index in [9.17, 15) is 14.4 Å². The Hall–Kier alpha value is -1.79. The van der Waals surface area contributed by atoms with Crippen molar-refractivity contribution >= 4 is 18.0 Å². The van der Waals surface area contributed by atoms with Gasteiger partial charge in [0.2, 0.25) is 0 Å². The number of urea groups is 1. The quantitative estimate of drug-likeness (QED) is 0.719. The minimum atomic E-state index is -0.766. The molecule has 1 aliphatic carbocycles. The number of rotatable bonds is 6. The zero-order valence-corrected chi connectivity index (χ0v) is 12.6. The van der Waals surface area contributed by atoms with Crippen LogP contribution in [0.1, 0.15) is 39.5 Å². The normalized spacial score (nSPS) is 21.4. The molecular weight excluding hydrogens is 276 g/mol. The molecule has 0 aromatic heterocycles. The first-order valence-corrected chi connectivity index (χ1v) is 7.41. The molecule has 0 spiro atoms. The summed E-state index contributed by atoms with van der Waals surface area (Å²) < 4.78 is 4.83. The van der Waals surface area contributed by atoms with Crippen molar-refractivity contribution in [1.82, 2.24) is 10.2 Å². The first kappa shape index (κ1) is 17.3. The van der Waals surface area contributed by atoms with Gasteiger partial charge in [-0.3, -0.25) is 9.59 Å². The van der Waals surface area contributed by atoms with Crippen molar-refractivity contribution in [3.05, 3.63) is 0 Å². The maximum Gasteiger partial charge on any atom is 0.325 e. The highest BCUT2D eigenvalue weighted by Crippen LogP contribution is 2.24. The van der Waals surface area contributed by atoms with Gasteiger partial charge in [-0.1, -0.05) is 0 Å². The Morgan fingerprint density at radius 2 is 1.81 bits per heavy atom. The minimum absolute atomic E-state index is 0.0238. The van der Waals surface area contributed by atoms with Crippen molar-refractivity contribution in [1.29, 1.82) is 0 Å². The summed E-state index contributed by atoms with van der Waals surface area (Å²) in [6, 6.07) is -0.325. The summed E-state index contributed by atoms with van der Waals surface area (Å²) in [4.78, 5) is 35.8. The number of esters is 1. The number of amides is 2. The zero-order chi connectivity index (χ0) is 15.8. The molecule has 0 aromatic carbocycles. The number of ether oxygens (including phenoxy) is 1. The van der Waals surface area contributed by atoms with Gasteiger partial charge in [-0.25, -0.2) is 4.79 Å². The monoisotopic (exact) mass is 300 g/mol. The minimum Gasteiger partial charge on any atom is -0.481 e. The lowest BCUT2D eigenvalue weighted by atomic mass is 9.86. The van der Waals surface area contributed by atoms with Crippen LogP contribution < -0.4 is 5.32 Å². The third-order valence-corrected chi connectivity index (χ3v) is 3.70. The second kappa shape index (κ2) is 8.49. The van der Waals surface area contributed by atoms with Gasteiger partial charge in [0.15, 0.2) is 0 Å². The average Bonchev–Trinajstić information content (AvgIpc) is 2.45. The van der Waals surface area contributed by atoms with E-state index >= 15 is 0 Å². The van der Waals surface area contributed by atoms with Gasteiger partial charge in [0, 0.05) is 12.6 Å². The van der Waals surface area contributed by atoms with Crippen molar-refractivity contribution in [2.75, 3.05) is 19.7 Å². The van der Waals surface area contributed by atoms with E-state index < -0.39 is 11.9 Å². The van der Waals surface area contributed by atoms with Crippen LogP contribution in [0.5, 0.6) is 0 Å². The highest BCUT2D eigenvalue weighted by molar-refractivity contribution is 5.81. The fourth-order valence-corrected chi connectivity index (χ4v) is 2.44. The molecule has 21 heavy (non-hydrogen) atoms. The molecule has 0 aliphatic heterocycles. The molecule has 1 saturated carbocycles. The molecule has 0 aromatic rings. The fraction of sp³-hybridized carbons (Fsp3) is 0.786. The van der Waals surface area contributed by atoms with Crippen molar-refractivity contribution in [3.63, 3.8) is 0 Å². The van der Waals surface area contributed by atoms with Crippen LogP contribution in [-0.2, 0) is 14.3 Å². The van der Waals surface area contributed by atoms with Crippen LogP contribution in [0, 0.1) is 5.92 Å². The molecule has 0 atom stereocenters. The third-order valence-electron chi connectivity index (χ3n) is 3.70. The van der Waals surface area contributed by atoms with Gasteiger partial charge >= 0.3 is 18.0 Å². The van der Waals surface area contributed by atoms with Crippen LogP contribution in [0.25, 0.3) is 0 Å². The number of nitrogens with zero attached hydrogens (tertiary/aromatic N) is 1. The van der Waals surface area contributed by atoms with E-state index in [0.717, 1.165) is 0 Å². The first-order chi connectivity index (χ1) is 9.97. The Balaban J connectivity index is 2.41. The highest BCUT2D eigenvalue weighted by atomic mass is 16.5. The Bertz CT molecular complexity index is 378. The highest BCUT2D eigenvalue weighted by Gasteiger charge is 2.27. The van der Waals surface area contributed by atoms with E-state index in [2.05, 4.69) is 5.32 Å². The number of hydrogen-bond donors (Lipinski definition) is 2. The number of nitrogens with one attached hydrogen (secondary N) is 1. The number of carbonyl (C=O) groups is 3. The molecule has 7 heteroatoms. The van der Waals surface area contributed by atoms with E-state index in [-0.39, 0.29) is 31.1 Å². The summed E-state index contributed by atoms with van der Waals surface area (Å²) in [5, 5.41) is 11.8. The SMILES string of the molecule is CCOC(=O)CN(CC)C(=O)NC1CCC(C(=O)O)CC1. The van der Waals surface area contributed by atoms with Gasteiger partial charge < -0.3 is 20.1 Å². The maximum atomic E-state index is 12.1. The second-order valence-electron chi connectivity index (χ2n) is 5.16. The molecule has 0 heterocycles.